The standard InChI is InChI=1S/C12H15N.H2/c1-8(2)11-7-12-10(4-5-13-12)6-9(11)3;/h4-8,13H,1-3H3;1H. The lowest BCUT2D eigenvalue weighted by atomic mass is 9.97. The highest BCUT2D eigenvalue weighted by atomic mass is 14.7. The van der Waals surface area contributed by atoms with Gasteiger partial charge >= 0.3 is 0 Å². The van der Waals surface area contributed by atoms with E-state index in [0.717, 1.165) is 0 Å². The van der Waals surface area contributed by atoms with Gasteiger partial charge in [0.25, 0.3) is 0 Å². The van der Waals surface area contributed by atoms with Gasteiger partial charge in [0.1, 0.15) is 0 Å². The van der Waals surface area contributed by atoms with Crippen molar-refractivity contribution < 1.29 is 1.43 Å². The first-order chi connectivity index (χ1) is 6.18. The molecule has 1 aromatic carbocycles. The molecule has 0 spiro atoms. The number of aryl methyl sites for hydroxylation is 1. The Morgan fingerprint density at radius 2 is 2.08 bits per heavy atom. The van der Waals surface area contributed by atoms with Gasteiger partial charge in [-0.05, 0) is 47.6 Å². The largest absolute Gasteiger partial charge is 0.361 e. The molecule has 13 heavy (non-hydrogen) atoms. The van der Waals surface area contributed by atoms with Crippen LogP contribution in [0.3, 0.4) is 0 Å². The Morgan fingerprint density at radius 1 is 1.31 bits per heavy atom. The molecule has 0 aliphatic heterocycles. The summed E-state index contributed by atoms with van der Waals surface area (Å²) in [7, 11) is 0. The van der Waals surface area contributed by atoms with Gasteiger partial charge in [0.05, 0.1) is 0 Å². The molecule has 2 rings (SSSR count). The number of nitrogens with one attached hydrogen (secondary N) is 1. The van der Waals surface area contributed by atoms with Crippen molar-refractivity contribution in [3.8, 4) is 0 Å². The van der Waals surface area contributed by atoms with Crippen molar-refractivity contribution in [3.05, 3.63) is 35.5 Å². The molecule has 0 aliphatic carbocycles. The van der Waals surface area contributed by atoms with Crippen molar-refractivity contribution in [2.45, 2.75) is 26.7 Å². The highest BCUT2D eigenvalue weighted by Crippen LogP contribution is 2.24. The quantitative estimate of drug-likeness (QED) is 0.677. The number of fused-ring (bicyclic) bond motifs is 1. The zero-order valence-corrected chi connectivity index (χ0v) is 8.39. The second-order valence-electron chi connectivity index (χ2n) is 3.93. The molecule has 0 atom stereocenters. The van der Waals surface area contributed by atoms with Crippen molar-refractivity contribution in [2.75, 3.05) is 0 Å². The van der Waals surface area contributed by atoms with E-state index >= 15 is 0 Å². The van der Waals surface area contributed by atoms with Crippen molar-refractivity contribution in [1.29, 1.82) is 0 Å². The van der Waals surface area contributed by atoms with E-state index in [-0.39, 0.29) is 1.43 Å². The van der Waals surface area contributed by atoms with E-state index < -0.39 is 0 Å². The molecule has 1 aromatic heterocycles. The lowest BCUT2D eigenvalue weighted by Crippen LogP contribution is -1.91. The van der Waals surface area contributed by atoms with Gasteiger partial charge in [-0.2, -0.15) is 0 Å². The molecule has 0 unspecified atom stereocenters. The number of hydrogen-bond donors (Lipinski definition) is 1. The first-order valence-electron chi connectivity index (χ1n) is 4.76. The van der Waals surface area contributed by atoms with Crippen LogP contribution in [0.4, 0.5) is 0 Å². The van der Waals surface area contributed by atoms with Crippen LogP contribution in [-0.2, 0) is 0 Å². The molecule has 70 valence electrons. The van der Waals surface area contributed by atoms with E-state index in [1.54, 1.807) is 0 Å². The van der Waals surface area contributed by atoms with Crippen LogP contribution < -0.4 is 0 Å². The fourth-order valence-electron chi connectivity index (χ4n) is 1.85. The summed E-state index contributed by atoms with van der Waals surface area (Å²) in [5.41, 5.74) is 4.08. The number of benzene rings is 1. The van der Waals surface area contributed by atoms with Gasteiger partial charge in [0.2, 0.25) is 0 Å². The maximum Gasteiger partial charge on any atom is 0.0456 e. The number of aromatic amines is 1. The molecule has 0 saturated heterocycles. The van der Waals surface area contributed by atoms with Gasteiger partial charge in [-0.3, -0.25) is 0 Å². The van der Waals surface area contributed by atoms with Crippen LogP contribution >= 0.6 is 0 Å². The Hall–Kier alpha value is -1.24. The fraction of sp³-hybridized carbons (Fsp3) is 0.333. The molecule has 0 bridgehead atoms. The van der Waals surface area contributed by atoms with E-state index in [4.69, 9.17) is 0 Å². The van der Waals surface area contributed by atoms with E-state index in [9.17, 15) is 0 Å². The van der Waals surface area contributed by atoms with Crippen LogP contribution in [0.15, 0.2) is 24.4 Å². The Balaban J connectivity index is 0.000000980. The van der Waals surface area contributed by atoms with Gasteiger partial charge in [0, 0.05) is 13.1 Å². The summed E-state index contributed by atoms with van der Waals surface area (Å²) in [6, 6.07) is 6.63. The second-order valence-corrected chi connectivity index (χ2v) is 3.93. The Bertz CT molecular complexity index is 429. The summed E-state index contributed by atoms with van der Waals surface area (Å²) >= 11 is 0. The predicted octanol–water partition coefficient (Wildman–Crippen LogP) is 3.85. The molecule has 0 radical (unpaired) electrons. The van der Waals surface area contributed by atoms with Gasteiger partial charge in [-0.1, -0.05) is 13.8 Å². The summed E-state index contributed by atoms with van der Waals surface area (Å²) in [6.07, 6.45) is 1.99. The minimum absolute atomic E-state index is 0. The molecule has 1 heterocycles. The SMILES string of the molecule is Cc1cc2cc[nH]c2cc1C(C)C.[HH]. The minimum atomic E-state index is 0. The highest BCUT2D eigenvalue weighted by Gasteiger charge is 2.05. The van der Waals surface area contributed by atoms with E-state index in [2.05, 4.69) is 44.0 Å². The second kappa shape index (κ2) is 2.91. The molecule has 1 heteroatoms. The lowest BCUT2D eigenvalue weighted by Gasteiger charge is -2.09. The Morgan fingerprint density at radius 3 is 2.77 bits per heavy atom. The molecular formula is C12H17N. The van der Waals surface area contributed by atoms with Crippen molar-refractivity contribution in [2.24, 2.45) is 0 Å². The van der Waals surface area contributed by atoms with Crippen LogP contribution in [0.2, 0.25) is 0 Å². The third-order valence-electron chi connectivity index (χ3n) is 2.56. The summed E-state index contributed by atoms with van der Waals surface area (Å²) in [5, 5.41) is 1.31. The summed E-state index contributed by atoms with van der Waals surface area (Å²) in [5.74, 6) is 0.604. The van der Waals surface area contributed by atoms with E-state index in [1.807, 2.05) is 6.20 Å². The highest BCUT2D eigenvalue weighted by molar-refractivity contribution is 5.81. The molecule has 0 saturated carbocycles. The first-order valence-corrected chi connectivity index (χ1v) is 4.76. The molecular weight excluding hydrogens is 158 g/mol. The topological polar surface area (TPSA) is 15.8 Å². The number of H-pyrrole nitrogens is 1. The Labute approximate surface area is 80.3 Å². The average Bonchev–Trinajstić information content (AvgIpc) is 2.48. The van der Waals surface area contributed by atoms with Crippen LogP contribution in [0.1, 0.15) is 32.3 Å². The normalized spacial score (nSPS) is 11.4. The van der Waals surface area contributed by atoms with Crippen molar-refractivity contribution in [1.82, 2.24) is 4.98 Å². The molecule has 1 N–H and O–H groups in total. The van der Waals surface area contributed by atoms with Gasteiger partial charge in [-0.15, -0.1) is 0 Å². The monoisotopic (exact) mass is 175 g/mol. The molecule has 0 amide bonds. The van der Waals surface area contributed by atoms with E-state index in [1.165, 1.54) is 22.0 Å². The fourth-order valence-corrected chi connectivity index (χ4v) is 1.85. The summed E-state index contributed by atoms with van der Waals surface area (Å²) in [6.45, 7) is 6.65. The molecule has 1 nitrogen and oxygen atoms in total. The molecule has 0 aliphatic rings. The van der Waals surface area contributed by atoms with Gasteiger partial charge < -0.3 is 4.98 Å². The zero-order valence-electron chi connectivity index (χ0n) is 8.39. The van der Waals surface area contributed by atoms with Crippen LogP contribution in [-0.4, -0.2) is 4.98 Å². The van der Waals surface area contributed by atoms with Crippen LogP contribution in [0, 0.1) is 6.92 Å². The Kier molecular flexibility index (Phi) is 1.87. The van der Waals surface area contributed by atoms with Crippen molar-refractivity contribution in [3.63, 3.8) is 0 Å². The zero-order chi connectivity index (χ0) is 9.42. The smallest absolute Gasteiger partial charge is 0.0456 e. The van der Waals surface area contributed by atoms with Gasteiger partial charge in [-0.25, -0.2) is 0 Å². The van der Waals surface area contributed by atoms with Crippen LogP contribution in [0.5, 0.6) is 0 Å². The maximum atomic E-state index is 3.24. The maximum absolute atomic E-state index is 3.24. The first kappa shape index (κ1) is 8.36. The summed E-state index contributed by atoms with van der Waals surface area (Å²) < 4.78 is 0. The lowest BCUT2D eigenvalue weighted by molar-refractivity contribution is 0.858. The average molecular weight is 175 g/mol. The number of hydrogen-bond acceptors (Lipinski definition) is 0. The van der Waals surface area contributed by atoms with Crippen LogP contribution in [0.25, 0.3) is 10.9 Å². The van der Waals surface area contributed by atoms with Crippen molar-refractivity contribution >= 4 is 10.9 Å². The third-order valence-corrected chi connectivity index (χ3v) is 2.56. The summed E-state index contributed by atoms with van der Waals surface area (Å²) in [4.78, 5) is 3.24. The minimum Gasteiger partial charge on any atom is -0.361 e. The van der Waals surface area contributed by atoms with Gasteiger partial charge in [0.15, 0.2) is 0 Å². The number of rotatable bonds is 1. The molecule has 0 fully saturated rings. The van der Waals surface area contributed by atoms with E-state index in [0.29, 0.717) is 5.92 Å². The third kappa shape index (κ3) is 1.35. The number of aromatic nitrogens is 1. The predicted molar refractivity (Wildman–Crippen MR) is 59.2 cm³/mol. The molecule has 2 aromatic rings.